The number of benzene rings is 1. The van der Waals surface area contributed by atoms with Gasteiger partial charge in [0.15, 0.2) is 0 Å². The molecular formula is C15H19IN4. The smallest absolute Gasteiger partial charge is 0.139 e. The molecule has 1 aliphatic heterocycles. The van der Waals surface area contributed by atoms with Gasteiger partial charge in [-0.1, -0.05) is 0 Å². The van der Waals surface area contributed by atoms with Gasteiger partial charge in [-0.15, -0.1) is 0 Å². The monoisotopic (exact) mass is 382 g/mol. The molecular weight excluding hydrogens is 363 g/mol. The van der Waals surface area contributed by atoms with Gasteiger partial charge in [0.1, 0.15) is 12.1 Å². The van der Waals surface area contributed by atoms with Crippen LogP contribution < -0.4 is 4.90 Å². The number of likely N-dealkylation sites (tertiary alicyclic amines) is 1. The summed E-state index contributed by atoms with van der Waals surface area (Å²) in [4.78, 5) is 13.6. The van der Waals surface area contributed by atoms with Crippen molar-refractivity contribution in [3.05, 3.63) is 28.1 Å². The summed E-state index contributed by atoms with van der Waals surface area (Å²) < 4.78 is 1.22. The normalized spacial score (nSPS) is 17.6. The first kappa shape index (κ1) is 14.0. The Labute approximate surface area is 133 Å². The minimum absolute atomic E-state index is 0.571. The average Bonchev–Trinajstić information content (AvgIpc) is 2.46. The van der Waals surface area contributed by atoms with Crippen molar-refractivity contribution in [3.63, 3.8) is 0 Å². The van der Waals surface area contributed by atoms with Crippen molar-refractivity contribution in [2.24, 2.45) is 0 Å². The lowest BCUT2D eigenvalue weighted by atomic mass is 10.0. The Kier molecular flexibility index (Phi) is 4.07. The maximum Gasteiger partial charge on any atom is 0.139 e. The number of rotatable bonds is 2. The maximum absolute atomic E-state index is 4.54. The van der Waals surface area contributed by atoms with Crippen LogP contribution in [0.25, 0.3) is 10.9 Å². The van der Waals surface area contributed by atoms with Crippen LogP contribution in [0.4, 0.5) is 5.82 Å². The molecule has 1 aromatic carbocycles. The van der Waals surface area contributed by atoms with E-state index in [0.29, 0.717) is 6.04 Å². The Balaban J connectivity index is 1.95. The van der Waals surface area contributed by atoms with Crippen molar-refractivity contribution < 1.29 is 0 Å². The molecule has 0 spiro atoms. The van der Waals surface area contributed by atoms with Gasteiger partial charge in [-0.2, -0.15) is 0 Å². The van der Waals surface area contributed by atoms with E-state index in [0.717, 1.165) is 29.8 Å². The van der Waals surface area contributed by atoms with Crippen molar-refractivity contribution in [2.45, 2.75) is 18.9 Å². The zero-order valence-electron chi connectivity index (χ0n) is 11.9. The highest BCUT2D eigenvalue weighted by molar-refractivity contribution is 14.1. The summed E-state index contributed by atoms with van der Waals surface area (Å²) >= 11 is 2.34. The third kappa shape index (κ3) is 2.74. The molecule has 1 saturated heterocycles. The highest BCUT2D eigenvalue weighted by Gasteiger charge is 2.22. The van der Waals surface area contributed by atoms with Crippen molar-refractivity contribution in [1.82, 2.24) is 14.9 Å². The molecule has 0 atom stereocenters. The molecule has 3 rings (SSSR count). The fourth-order valence-electron chi connectivity index (χ4n) is 2.85. The van der Waals surface area contributed by atoms with Crippen molar-refractivity contribution in [3.8, 4) is 0 Å². The second kappa shape index (κ2) is 5.81. The molecule has 2 heterocycles. The summed E-state index contributed by atoms with van der Waals surface area (Å²) in [7, 11) is 4.36. The third-order valence-electron chi connectivity index (χ3n) is 4.15. The van der Waals surface area contributed by atoms with E-state index in [1.807, 2.05) is 0 Å². The van der Waals surface area contributed by atoms with Crippen molar-refractivity contribution >= 4 is 39.3 Å². The Morgan fingerprint density at radius 3 is 2.75 bits per heavy atom. The number of aromatic nitrogens is 2. The van der Waals surface area contributed by atoms with Gasteiger partial charge in [-0.05, 0) is 73.8 Å². The minimum Gasteiger partial charge on any atom is -0.356 e. The quantitative estimate of drug-likeness (QED) is 0.748. The minimum atomic E-state index is 0.571. The number of halogens is 1. The first-order chi connectivity index (χ1) is 9.65. The molecule has 0 unspecified atom stereocenters. The van der Waals surface area contributed by atoms with E-state index in [1.165, 1.54) is 16.4 Å². The molecule has 1 aromatic heterocycles. The van der Waals surface area contributed by atoms with Crippen LogP contribution in [0.3, 0.4) is 0 Å². The molecule has 0 saturated carbocycles. The van der Waals surface area contributed by atoms with E-state index in [1.54, 1.807) is 6.33 Å². The standard InChI is InChI=1S/C15H19IN4/c1-19-7-5-12(6-8-19)20(2)15-13-9-11(16)3-4-14(13)17-10-18-15/h3-4,9-10,12H,5-8H2,1-2H3. The topological polar surface area (TPSA) is 32.3 Å². The zero-order chi connectivity index (χ0) is 14.1. The van der Waals surface area contributed by atoms with Gasteiger partial charge < -0.3 is 9.80 Å². The van der Waals surface area contributed by atoms with Crippen LogP contribution in [-0.4, -0.2) is 48.1 Å². The van der Waals surface area contributed by atoms with E-state index in [4.69, 9.17) is 0 Å². The van der Waals surface area contributed by atoms with E-state index >= 15 is 0 Å². The number of hydrogen-bond acceptors (Lipinski definition) is 4. The van der Waals surface area contributed by atoms with E-state index in [9.17, 15) is 0 Å². The molecule has 0 amide bonds. The summed E-state index contributed by atoms with van der Waals surface area (Å²) in [5.74, 6) is 1.06. The molecule has 106 valence electrons. The van der Waals surface area contributed by atoms with Crippen LogP contribution in [0.15, 0.2) is 24.5 Å². The van der Waals surface area contributed by atoms with Gasteiger partial charge in [0.05, 0.1) is 5.52 Å². The Hall–Kier alpha value is -0.950. The lowest BCUT2D eigenvalue weighted by Gasteiger charge is -2.36. The van der Waals surface area contributed by atoms with E-state index < -0.39 is 0 Å². The summed E-state index contributed by atoms with van der Waals surface area (Å²) in [6.07, 6.45) is 4.07. The second-order valence-corrected chi connectivity index (χ2v) is 6.75. The predicted molar refractivity (Wildman–Crippen MR) is 91.2 cm³/mol. The second-order valence-electron chi connectivity index (χ2n) is 5.50. The molecule has 0 aliphatic carbocycles. The molecule has 1 fully saturated rings. The van der Waals surface area contributed by atoms with Crippen LogP contribution in [0, 0.1) is 3.57 Å². The van der Waals surface area contributed by atoms with Gasteiger partial charge in [-0.25, -0.2) is 9.97 Å². The number of nitrogens with zero attached hydrogens (tertiary/aromatic N) is 4. The van der Waals surface area contributed by atoms with Gasteiger partial charge in [-0.3, -0.25) is 0 Å². The lowest BCUT2D eigenvalue weighted by Crippen LogP contribution is -2.42. The summed E-state index contributed by atoms with van der Waals surface area (Å²) in [5.41, 5.74) is 1.02. The first-order valence-corrected chi connectivity index (χ1v) is 8.04. The van der Waals surface area contributed by atoms with Crippen LogP contribution in [0.1, 0.15) is 12.8 Å². The lowest BCUT2D eigenvalue weighted by molar-refractivity contribution is 0.252. The van der Waals surface area contributed by atoms with Crippen LogP contribution >= 0.6 is 22.6 Å². The molecule has 0 bridgehead atoms. The van der Waals surface area contributed by atoms with Gasteiger partial charge >= 0.3 is 0 Å². The molecule has 2 aromatic rings. The number of anilines is 1. The molecule has 0 radical (unpaired) electrons. The van der Waals surface area contributed by atoms with Crippen LogP contribution in [-0.2, 0) is 0 Å². The number of piperidine rings is 1. The fourth-order valence-corrected chi connectivity index (χ4v) is 3.34. The Morgan fingerprint density at radius 2 is 2.00 bits per heavy atom. The molecule has 5 heteroatoms. The molecule has 20 heavy (non-hydrogen) atoms. The van der Waals surface area contributed by atoms with Crippen LogP contribution in [0.2, 0.25) is 0 Å². The molecule has 0 N–H and O–H groups in total. The Morgan fingerprint density at radius 1 is 1.25 bits per heavy atom. The zero-order valence-corrected chi connectivity index (χ0v) is 14.0. The first-order valence-electron chi connectivity index (χ1n) is 6.97. The summed E-state index contributed by atoms with van der Waals surface area (Å²) in [5, 5.41) is 1.15. The number of hydrogen-bond donors (Lipinski definition) is 0. The summed E-state index contributed by atoms with van der Waals surface area (Å²) in [6.45, 7) is 2.32. The van der Waals surface area contributed by atoms with E-state index in [2.05, 4.69) is 74.7 Å². The molecule has 4 nitrogen and oxygen atoms in total. The largest absolute Gasteiger partial charge is 0.356 e. The van der Waals surface area contributed by atoms with Gasteiger partial charge in [0.2, 0.25) is 0 Å². The highest BCUT2D eigenvalue weighted by atomic mass is 127. The maximum atomic E-state index is 4.54. The third-order valence-corrected chi connectivity index (χ3v) is 4.82. The highest BCUT2D eigenvalue weighted by Crippen LogP contribution is 2.27. The van der Waals surface area contributed by atoms with Crippen molar-refractivity contribution in [2.75, 3.05) is 32.1 Å². The van der Waals surface area contributed by atoms with E-state index in [-0.39, 0.29) is 0 Å². The van der Waals surface area contributed by atoms with Crippen molar-refractivity contribution in [1.29, 1.82) is 0 Å². The van der Waals surface area contributed by atoms with Crippen LogP contribution in [0.5, 0.6) is 0 Å². The number of fused-ring (bicyclic) bond motifs is 1. The van der Waals surface area contributed by atoms with Gasteiger partial charge in [0, 0.05) is 22.0 Å². The Bertz CT molecular complexity index is 608. The summed E-state index contributed by atoms with van der Waals surface area (Å²) in [6, 6.07) is 6.92. The predicted octanol–water partition coefficient (Wildman–Crippen LogP) is 2.76. The fraction of sp³-hybridized carbons (Fsp3) is 0.467. The van der Waals surface area contributed by atoms with Gasteiger partial charge in [0.25, 0.3) is 0 Å². The molecule has 1 aliphatic rings. The SMILES string of the molecule is CN1CCC(N(C)c2ncnc3ccc(I)cc23)CC1. The average molecular weight is 382 g/mol.